The Morgan fingerprint density at radius 3 is 1.48 bits per heavy atom. The minimum absolute atomic E-state index is 0.0666. The molecule has 0 aliphatic carbocycles. The van der Waals surface area contributed by atoms with Crippen molar-refractivity contribution in [1.82, 2.24) is 0 Å². The van der Waals surface area contributed by atoms with Crippen molar-refractivity contribution in [3.05, 3.63) is 102 Å². The van der Waals surface area contributed by atoms with Crippen LogP contribution < -0.4 is 0 Å². The molecule has 3 rings (SSSR count). The minimum Gasteiger partial charge on any atom is -0.508 e. The maximum Gasteiger partial charge on any atom is 0.118 e. The Morgan fingerprint density at radius 2 is 1.04 bits per heavy atom. The molecule has 140 valence electrons. The van der Waals surface area contributed by atoms with E-state index in [-0.39, 0.29) is 10.8 Å². The molecule has 0 aromatic heterocycles. The summed E-state index contributed by atoms with van der Waals surface area (Å²) in [5.74, 6) is 0.679. The highest BCUT2D eigenvalue weighted by molar-refractivity contribution is 5.37. The fourth-order valence-electron chi connectivity index (χ4n) is 4.45. The topological polar surface area (TPSA) is 20.2 Å². The molecule has 27 heavy (non-hydrogen) atoms. The molecule has 0 aliphatic rings. The van der Waals surface area contributed by atoms with E-state index in [1.54, 1.807) is 6.07 Å². The average molecular weight is 359 g/mol. The molecule has 1 nitrogen and oxygen atoms in total. The predicted molar refractivity (Wildman–Crippen MR) is 114 cm³/mol. The highest BCUT2D eigenvalue weighted by Gasteiger charge is 2.42. The average Bonchev–Trinajstić information content (AvgIpc) is 2.68. The van der Waals surface area contributed by atoms with E-state index in [1.807, 2.05) is 18.2 Å². The molecule has 0 amide bonds. The molecule has 3 aromatic carbocycles. The maximum atomic E-state index is 10.4. The van der Waals surface area contributed by atoms with E-state index in [4.69, 9.17) is 0 Å². The first kappa shape index (κ1) is 19.2. The Labute approximate surface area is 163 Å². The van der Waals surface area contributed by atoms with Crippen molar-refractivity contribution in [3.63, 3.8) is 0 Å². The molecular formula is C26H30O. The van der Waals surface area contributed by atoms with Gasteiger partial charge in [-0.05, 0) is 45.9 Å². The molecular weight excluding hydrogens is 328 g/mol. The number of rotatable bonds is 6. The number of phenolic OH excluding ortho intramolecular Hbond substituents is 1. The van der Waals surface area contributed by atoms with E-state index in [1.165, 1.54) is 11.1 Å². The van der Waals surface area contributed by atoms with Crippen molar-refractivity contribution in [2.24, 2.45) is 5.92 Å². The van der Waals surface area contributed by atoms with Gasteiger partial charge >= 0.3 is 0 Å². The summed E-state index contributed by atoms with van der Waals surface area (Å²) in [7, 11) is 0. The zero-order valence-corrected chi connectivity index (χ0v) is 16.8. The lowest BCUT2D eigenvalue weighted by Gasteiger charge is -2.46. The summed E-state index contributed by atoms with van der Waals surface area (Å²) in [6, 6.07) is 29.2. The number of aromatic hydroxyl groups is 1. The van der Waals surface area contributed by atoms with Gasteiger partial charge in [-0.15, -0.1) is 0 Å². The van der Waals surface area contributed by atoms with Gasteiger partial charge in [0.1, 0.15) is 5.75 Å². The second-order valence-corrected chi connectivity index (χ2v) is 8.56. The van der Waals surface area contributed by atoms with Gasteiger partial charge in [-0.1, -0.05) is 107 Å². The lowest BCUT2D eigenvalue weighted by Crippen LogP contribution is -2.43. The number of benzene rings is 3. The van der Waals surface area contributed by atoms with Crippen molar-refractivity contribution in [2.45, 2.75) is 44.9 Å². The van der Waals surface area contributed by atoms with Crippen LogP contribution in [0.3, 0.4) is 0 Å². The van der Waals surface area contributed by atoms with Crippen LogP contribution in [0.5, 0.6) is 5.75 Å². The SMILES string of the molecule is CC(C)(c1ccccc1)C(Cc1ccccc1O)C(C)(C)c1ccccc1. The van der Waals surface area contributed by atoms with E-state index in [9.17, 15) is 5.11 Å². The third kappa shape index (κ3) is 3.93. The third-order valence-corrected chi connectivity index (χ3v) is 6.19. The van der Waals surface area contributed by atoms with Gasteiger partial charge in [-0.25, -0.2) is 0 Å². The molecule has 0 atom stereocenters. The summed E-state index contributed by atoms with van der Waals surface area (Å²) in [5.41, 5.74) is 3.53. The normalized spacial score (nSPS) is 12.3. The zero-order valence-electron chi connectivity index (χ0n) is 16.8. The van der Waals surface area contributed by atoms with Gasteiger partial charge < -0.3 is 5.11 Å². The standard InChI is InChI=1S/C26H30O/c1-25(2,21-14-7-5-8-15-21)24(19-20-13-11-12-18-23(20)27)26(3,4)22-16-9-6-10-17-22/h5-18,24,27H,19H2,1-4H3. The second-order valence-electron chi connectivity index (χ2n) is 8.56. The van der Waals surface area contributed by atoms with Crippen molar-refractivity contribution < 1.29 is 5.11 Å². The van der Waals surface area contributed by atoms with Gasteiger partial charge in [0.05, 0.1) is 0 Å². The van der Waals surface area contributed by atoms with Gasteiger partial charge in [0.25, 0.3) is 0 Å². The zero-order chi connectivity index (χ0) is 19.5. The molecule has 0 fully saturated rings. The van der Waals surface area contributed by atoms with Crippen LogP contribution in [0.15, 0.2) is 84.9 Å². The number of hydrogen-bond donors (Lipinski definition) is 1. The molecule has 1 heteroatoms. The fourth-order valence-corrected chi connectivity index (χ4v) is 4.45. The molecule has 0 saturated heterocycles. The Hall–Kier alpha value is -2.54. The van der Waals surface area contributed by atoms with Crippen LogP contribution in [0.2, 0.25) is 0 Å². The number of phenols is 1. The van der Waals surface area contributed by atoms with Gasteiger partial charge in [0.15, 0.2) is 0 Å². The van der Waals surface area contributed by atoms with Crippen molar-refractivity contribution in [2.75, 3.05) is 0 Å². The Balaban J connectivity index is 2.10. The molecule has 0 aliphatic heterocycles. The highest BCUT2D eigenvalue weighted by Crippen LogP contribution is 2.46. The lowest BCUT2D eigenvalue weighted by atomic mass is 9.58. The third-order valence-electron chi connectivity index (χ3n) is 6.19. The number of hydrogen-bond acceptors (Lipinski definition) is 1. The lowest BCUT2D eigenvalue weighted by molar-refractivity contribution is 0.197. The first-order chi connectivity index (χ1) is 12.8. The minimum atomic E-state index is -0.0666. The smallest absolute Gasteiger partial charge is 0.118 e. The van der Waals surface area contributed by atoms with Gasteiger partial charge in [0, 0.05) is 0 Å². The second kappa shape index (κ2) is 7.60. The largest absolute Gasteiger partial charge is 0.508 e. The molecule has 0 radical (unpaired) electrons. The van der Waals surface area contributed by atoms with Crippen LogP contribution in [0, 0.1) is 5.92 Å². The number of para-hydroxylation sites is 1. The van der Waals surface area contributed by atoms with Crippen LogP contribution in [-0.2, 0) is 17.3 Å². The van der Waals surface area contributed by atoms with Crippen LogP contribution in [0.4, 0.5) is 0 Å². The van der Waals surface area contributed by atoms with E-state index >= 15 is 0 Å². The van der Waals surface area contributed by atoms with E-state index in [0.29, 0.717) is 11.7 Å². The van der Waals surface area contributed by atoms with Crippen molar-refractivity contribution in [3.8, 4) is 5.75 Å². The van der Waals surface area contributed by atoms with Crippen LogP contribution in [0.25, 0.3) is 0 Å². The molecule has 3 aromatic rings. The monoisotopic (exact) mass is 358 g/mol. The van der Waals surface area contributed by atoms with Crippen LogP contribution in [-0.4, -0.2) is 5.11 Å². The quantitative estimate of drug-likeness (QED) is 0.533. The molecule has 1 N–H and O–H groups in total. The summed E-state index contributed by atoms with van der Waals surface area (Å²) in [4.78, 5) is 0. The van der Waals surface area contributed by atoms with Crippen molar-refractivity contribution >= 4 is 0 Å². The Bertz CT molecular complexity index is 811. The van der Waals surface area contributed by atoms with Crippen molar-refractivity contribution in [1.29, 1.82) is 0 Å². The van der Waals surface area contributed by atoms with Crippen LogP contribution >= 0.6 is 0 Å². The molecule has 0 spiro atoms. The molecule has 0 unspecified atom stereocenters. The van der Waals surface area contributed by atoms with E-state index in [0.717, 1.165) is 12.0 Å². The van der Waals surface area contributed by atoms with E-state index in [2.05, 4.69) is 88.4 Å². The summed E-state index contributed by atoms with van der Waals surface area (Å²) >= 11 is 0. The fraction of sp³-hybridized carbons (Fsp3) is 0.308. The summed E-state index contributed by atoms with van der Waals surface area (Å²) < 4.78 is 0. The molecule has 0 heterocycles. The summed E-state index contributed by atoms with van der Waals surface area (Å²) in [6.07, 6.45) is 0.816. The first-order valence-electron chi connectivity index (χ1n) is 9.71. The summed E-state index contributed by atoms with van der Waals surface area (Å²) in [5, 5.41) is 10.4. The first-order valence-corrected chi connectivity index (χ1v) is 9.71. The van der Waals surface area contributed by atoms with Gasteiger partial charge in [0.2, 0.25) is 0 Å². The molecule has 0 saturated carbocycles. The van der Waals surface area contributed by atoms with Gasteiger partial charge in [-0.3, -0.25) is 0 Å². The Kier molecular flexibility index (Phi) is 5.41. The van der Waals surface area contributed by atoms with Crippen LogP contribution in [0.1, 0.15) is 44.4 Å². The van der Waals surface area contributed by atoms with E-state index < -0.39 is 0 Å². The van der Waals surface area contributed by atoms with Gasteiger partial charge in [-0.2, -0.15) is 0 Å². The Morgan fingerprint density at radius 1 is 0.630 bits per heavy atom. The predicted octanol–water partition coefficient (Wildman–Crippen LogP) is 6.51. The summed E-state index contributed by atoms with van der Waals surface area (Å²) in [6.45, 7) is 9.32. The maximum absolute atomic E-state index is 10.4. The molecule has 0 bridgehead atoms. The highest BCUT2D eigenvalue weighted by atomic mass is 16.3.